The summed E-state index contributed by atoms with van der Waals surface area (Å²) in [5.74, 6) is 0.686. The molecule has 0 bridgehead atoms. The van der Waals surface area contributed by atoms with Gasteiger partial charge in [-0.15, -0.1) is 0 Å². The van der Waals surface area contributed by atoms with E-state index in [0.29, 0.717) is 18.4 Å². The fraction of sp³-hybridized carbons (Fsp3) is 0.929. The van der Waals surface area contributed by atoms with E-state index in [1.807, 2.05) is 0 Å². The van der Waals surface area contributed by atoms with E-state index in [2.05, 4.69) is 24.2 Å². The fourth-order valence-electron chi connectivity index (χ4n) is 3.40. The predicted molar refractivity (Wildman–Crippen MR) is 73.2 cm³/mol. The van der Waals surface area contributed by atoms with Crippen LogP contribution in [0.3, 0.4) is 0 Å². The highest BCUT2D eigenvalue weighted by atomic mass is 16.1. The Bertz CT molecular complexity index is 299. The molecule has 2 rings (SSSR count). The van der Waals surface area contributed by atoms with Gasteiger partial charge in [0.1, 0.15) is 0 Å². The molecule has 0 radical (unpaired) electrons. The summed E-state index contributed by atoms with van der Waals surface area (Å²) >= 11 is 0. The summed E-state index contributed by atoms with van der Waals surface area (Å²) < 4.78 is 0. The Hall–Kier alpha value is -0.610. The van der Waals surface area contributed by atoms with Crippen molar-refractivity contribution in [3.8, 4) is 0 Å². The maximum absolute atomic E-state index is 12.1. The molecule has 0 aromatic heterocycles. The Morgan fingerprint density at radius 2 is 2.11 bits per heavy atom. The molecule has 2 atom stereocenters. The Morgan fingerprint density at radius 1 is 1.44 bits per heavy atom. The molecule has 1 amide bonds. The second-order valence-corrected chi connectivity index (χ2v) is 6.45. The highest BCUT2D eigenvalue weighted by Crippen LogP contribution is 2.30. The predicted octanol–water partition coefficient (Wildman–Crippen LogP) is 1.10. The Balaban J connectivity index is 1.80. The van der Waals surface area contributed by atoms with Crippen molar-refractivity contribution >= 4 is 5.91 Å². The molecule has 2 fully saturated rings. The summed E-state index contributed by atoms with van der Waals surface area (Å²) in [6, 6.07) is 0.332. The lowest BCUT2D eigenvalue weighted by atomic mass is 9.91. The molecule has 1 saturated heterocycles. The van der Waals surface area contributed by atoms with Gasteiger partial charge in [0.15, 0.2) is 0 Å². The molecular weight excluding hydrogens is 226 g/mol. The third-order valence-electron chi connectivity index (χ3n) is 4.57. The van der Waals surface area contributed by atoms with Gasteiger partial charge >= 0.3 is 0 Å². The smallest absolute Gasteiger partial charge is 0.222 e. The molecule has 1 aliphatic carbocycles. The molecule has 104 valence electrons. The topological polar surface area (TPSA) is 58.4 Å². The van der Waals surface area contributed by atoms with Gasteiger partial charge < -0.3 is 16.0 Å². The molecule has 1 saturated carbocycles. The molecule has 4 nitrogen and oxygen atoms in total. The van der Waals surface area contributed by atoms with E-state index in [1.54, 1.807) is 0 Å². The molecular formula is C14H27N3O. The van der Waals surface area contributed by atoms with E-state index in [9.17, 15) is 4.79 Å². The third kappa shape index (κ3) is 3.45. The van der Waals surface area contributed by atoms with E-state index in [1.165, 1.54) is 12.8 Å². The number of piperidine rings is 1. The summed E-state index contributed by atoms with van der Waals surface area (Å²) in [4.78, 5) is 14.4. The van der Waals surface area contributed by atoms with Crippen LogP contribution in [0.1, 0.15) is 45.4 Å². The Labute approximate surface area is 110 Å². The van der Waals surface area contributed by atoms with Crippen molar-refractivity contribution in [1.82, 2.24) is 10.2 Å². The van der Waals surface area contributed by atoms with Gasteiger partial charge in [0.25, 0.3) is 0 Å². The third-order valence-corrected chi connectivity index (χ3v) is 4.57. The molecule has 4 heteroatoms. The number of nitrogens with one attached hydrogen (secondary N) is 1. The molecule has 1 heterocycles. The number of nitrogens with zero attached hydrogens (tertiary/aromatic N) is 1. The van der Waals surface area contributed by atoms with Crippen LogP contribution < -0.4 is 11.1 Å². The molecule has 1 aliphatic heterocycles. The Morgan fingerprint density at radius 3 is 2.72 bits per heavy atom. The standard InChI is InChI=1S/C14H27N3O/c1-11-10-17(2)8-5-12(11)16-13(18)9-14(15)6-3-4-7-14/h11-12H,3-10,15H2,1-2H3,(H,16,18). The number of likely N-dealkylation sites (tertiary alicyclic amines) is 1. The second-order valence-electron chi connectivity index (χ2n) is 6.45. The van der Waals surface area contributed by atoms with Gasteiger partial charge in [0.05, 0.1) is 0 Å². The quantitative estimate of drug-likeness (QED) is 0.792. The number of carbonyl (C=O) groups excluding carboxylic acids is 1. The number of nitrogens with two attached hydrogens (primary N) is 1. The van der Waals surface area contributed by atoms with Crippen molar-refractivity contribution in [3.63, 3.8) is 0 Å². The van der Waals surface area contributed by atoms with Crippen LogP contribution in [0.4, 0.5) is 0 Å². The zero-order chi connectivity index (χ0) is 13.2. The average molecular weight is 253 g/mol. The van der Waals surface area contributed by atoms with Crippen LogP contribution in [0.25, 0.3) is 0 Å². The summed E-state index contributed by atoms with van der Waals surface area (Å²) in [5, 5.41) is 3.20. The van der Waals surface area contributed by atoms with Gasteiger partial charge in [-0.05, 0) is 38.8 Å². The first-order valence-corrected chi connectivity index (χ1v) is 7.25. The molecule has 18 heavy (non-hydrogen) atoms. The molecule has 0 spiro atoms. The SMILES string of the molecule is CC1CN(C)CCC1NC(=O)CC1(N)CCCC1. The first-order valence-electron chi connectivity index (χ1n) is 7.25. The number of amides is 1. The van der Waals surface area contributed by atoms with Crippen LogP contribution in [0.5, 0.6) is 0 Å². The van der Waals surface area contributed by atoms with Crippen molar-refractivity contribution in [2.45, 2.75) is 57.0 Å². The number of hydrogen-bond acceptors (Lipinski definition) is 3. The van der Waals surface area contributed by atoms with Gasteiger partial charge in [-0.2, -0.15) is 0 Å². The summed E-state index contributed by atoms with van der Waals surface area (Å²) in [5.41, 5.74) is 6.03. The van der Waals surface area contributed by atoms with Crippen molar-refractivity contribution in [3.05, 3.63) is 0 Å². The Kier molecular flexibility index (Phi) is 4.28. The van der Waals surface area contributed by atoms with Gasteiger partial charge in [0, 0.05) is 24.5 Å². The van der Waals surface area contributed by atoms with E-state index in [-0.39, 0.29) is 11.4 Å². The lowest BCUT2D eigenvalue weighted by Crippen LogP contribution is -2.51. The van der Waals surface area contributed by atoms with Crippen molar-refractivity contribution in [1.29, 1.82) is 0 Å². The van der Waals surface area contributed by atoms with E-state index >= 15 is 0 Å². The second kappa shape index (κ2) is 5.57. The van der Waals surface area contributed by atoms with Crippen molar-refractivity contribution in [2.75, 3.05) is 20.1 Å². The maximum Gasteiger partial charge on any atom is 0.222 e. The zero-order valence-electron chi connectivity index (χ0n) is 11.7. The highest BCUT2D eigenvalue weighted by Gasteiger charge is 2.33. The molecule has 2 unspecified atom stereocenters. The van der Waals surface area contributed by atoms with Crippen molar-refractivity contribution < 1.29 is 4.79 Å². The van der Waals surface area contributed by atoms with Gasteiger partial charge in [-0.3, -0.25) is 4.79 Å². The number of hydrogen-bond donors (Lipinski definition) is 2. The highest BCUT2D eigenvalue weighted by molar-refractivity contribution is 5.77. The minimum Gasteiger partial charge on any atom is -0.353 e. The van der Waals surface area contributed by atoms with Crippen LogP contribution in [0, 0.1) is 5.92 Å². The first kappa shape index (κ1) is 13.8. The fourth-order valence-corrected chi connectivity index (χ4v) is 3.40. The maximum atomic E-state index is 12.1. The zero-order valence-corrected chi connectivity index (χ0v) is 11.7. The largest absolute Gasteiger partial charge is 0.353 e. The van der Waals surface area contributed by atoms with Crippen molar-refractivity contribution in [2.24, 2.45) is 11.7 Å². The lowest BCUT2D eigenvalue weighted by molar-refractivity contribution is -0.123. The average Bonchev–Trinajstić information content (AvgIpc) is 2.69. The summed E-state index contributed by atoms with van der Waals surface area (Å²) in [7, 11) is 2.14. The number of rotatable bonds is 3. The first-order chi connectivity index (χ1) is 8.48. The van der Waals surface area contributed by atoms with Crippen LogP contribution in [-0.4, -0.2) is 42.5 Å². The lowest BCUT2D eigenvalue weighted by Gasteiger charge is -2.35. The molecule has 2 aliphatic rings. The molecule has 0 aromatic carbocycles. The van der Waals surface area contributed by atoms with Crippen LogP contribution in [0.15, 0.2) is 0 Å². The van der Waals surface area contributed by atoms with Gasteiger partial charge in [-0.1, -0.05) is 19.8 Å². The van der Waals surface area contributed by atoms with Gasteiger partial charge in [0.2, 0.25) is 5.91 Å². The van der Waals surface area contributed by atoms with Crippen LogP contribution in [-0.2, 0) is 4.79 Å². The summed E-state index contributed by atoms with van der Waals surface area (Å²) in [6.07, 6.45) is 5.92. The van der Waals surface area contributed by atoms with E-state index < -0.39 is 0 Å². The van der Waals surface area contributed by atoms with Crippen LogP contribution >= 0.6 is 0 Å². The van der Waals surface area contributed by atoms with Crippen LogP contribution in [0.2, 0.25) is 0 Å². The molecule has 3 N–H and O–H groups in total. The number of carbonyl (C=O) groups is 1. The minimum absolute atomic E-state index is 0.154. The normalized spacial score (nSPS) is 32.4. The van der Waals surface area contributed by atoms with E-state index in [4.69, 9.17) is 5.73 Å². The van der Waals surface area contributed by atoms with Gasteiger partial charge in [-0.25, -0.2) is 0 Å². The molecule has 0 aromatic rings. The van der Waals surface area contributed by atoms with E-state index in [0.717, 1.165) is 32.4 Å². The summed E-state index contributed by atoms with van der Waals surface area (Å²) in [6.45, 7) is 4.36. The monoisotopic (exact) mass is 253 g/mol. The minimum atomic E-state index is -0.223.